The van der Waals surface area contributed by atoms with E-state index >= 15 is 0 Å². The summed E-state index contributed by atoms with van der Waals surface area (Å²) in [6.45, 7) is 3.91. The molecule has 0 saturated heterocycles. The lowest BCUT2D eigenvalue weighted by atomic mass is 10.1. The van der Waals surface area contributed by atoms with Crippen LogP contribution >= 0.6 is 0 Å². The minimum atomic E-state index is -3.65. The van der Waals surface area contributed by atoms with Gasteiger partial charge in [0.25, 0.3) is 5.91 Å². The fourth-order valence-electron chi connectivity index (χ4n) is 2.94. The number of ether oxygens (including phenoxy) is 1. The Hall–Kier alpha value is -3.16. The maximum atomic E-state index is 12.4. The van der Waals surface area contributed by atoms with E-state index in [1.54, 1.807) is 12.1 Å². The molecule has 1 amide bonds. The van der Waals surface area contributed by atoms with Gasteiger partial charge in [0.15, 0.2) is 6.61 Å². The van der Waals surface area contributed by atoms with E-state index in [-0.39, 0.29) is 24.0 Å². The zero-order valence-electron chi connectivity index (χ0n) is 16.9. The van der Waals surface area contributed by atoms with Crippen LogP contribution in [0.5, 0.6) is 5.75 Å². The topological polar surface area (TPSA) is 84.5 Å². The molecule has 0 spiro atoms. The van der Waals surface area contributed by atoms with Crippen molar-refractivity contribution in [2.45, 2.75) is 25.3 Å². The summed E-state index contributed by atoms with van der Waals surface area (Å²) in [4.78, 5) is 12.3. The van der Waals surface area contributed by atoms with Crippen molar-refractivity contribution in [3.05, 3.63) is 89.5 Å². The highest BCUT2D eigenvalue weighted by atomic mass is 32.2. The summed E-state index contributed by atoms with van der Waals surface area (Å²) in [5.74, 6) is 0.369. The highest BCUT2D eigenvalue weighted by Crippen LogP contribution is 2.22. The van der Waals surface area contributed by atoms with Gasteiger partial charge in [0.2, 0.25) is 10.0 Å². The molecule has 0 aliphatic rings. The molecule has 3 rings (SSSR count). The van der Waals surface area contributed by atoms with Crippen molar-refractivity contribution in [3.63, 3.8) is 0 Å². The van der Waals surface area contributed by atoms with E-state index in [4.69, 9.17) is 4.74 Å². The molecular weight excluding hydrogens is 400 g/mol. The number of carbonyl (C=O) groups excluding carboxylic acids is 1. The molecule has 156 valence electrons. The van der Waals surface area contributed by atoms with E-state index in [1.807, 2.05) is 62.4 Å². The first-order valence-electron chi connectivity index (χ1n) is 9.48. The zero-order chi connectivity index (χ0) is 21.6. The summed E-state index contributed by atoms with van der Waals surface area (Å²) in [7, 11) is -3.65. The van der Waals surface area contributed by atoms with Crippen LogP contribution in [0.1, 0.15) is 16.7 Å². The molecule has 0 aliphatic heterocycles. The molecule has 0 atom stereocenters. The van der Waals surface area contributed by atoms with Gasteiger partial charge in [-0.05, 0) is 54.8 Å². The van der Waals surface area contributed by atoms with Gasteiger partial charge in [-0.25, -0.2) is 13.1 Å². The maximum Gasteiger partial charge on any atom is 0.262 e. The molecule has 0 saturated carbocycles. The van der Waals surface area contributed by atoms with Crippen LogP contribution in [-0.2, 0) is 21.4 Å². The van der Waals surface area contributed by atoms with Crippen LogP contribution in [0.4, 0.5) is 5.69 Å². The number of aryl methyl sites for hydroxylation is 2. The summed E-state index contributed by atoms with van der Waals surface area (Å²) in [5.41, 5.74) is 3.28. The highest BCUT2D eigenvalue weighted by molar-refractivity contribution is 7.89. The molecule has 3 aromatic rings. The summed E-state index contributed by atoms with van der Waals surface area (Å²) >= 11 is 0. The van der Waals surface area contributed by atoms with Gasteiger partial charge < -0.3 is 10.1 Å². The van der Waals surface area contributed by atoms with Crippen molar-refractivity contribution >= 4 is 21.6 Å². The van der Waals surface area contributed by atoms with E-state index in [1.165, 1.54) is 12.1 Å². The number of para-hydroxylation sites is 1. The van der Waals surface area contributed by atoms with Crippen molar-refractivity contribution in [2.75, 3.05) is 11.9 Å². The van der Waals surface area contributed by atoms with Crippen molar-refractivity contribution in [1.29, 1.82) is 0 Å². The van der Waals surface area contributed by atoms with Gasteiger partial charge in [0.05, 0.1) is 4.90 Å². The van der Waals surface area contributed by atoms with E-state index in [2.05, 4.69) is 10.0 Å². The van der Waals surface area contributed by atoms with Gasteiger partial charge in [-0.1, -0.05) is 48.5 Å². The Bertz CT molecular complexity index is 1090. The van der Waals surface area contributed by atoms with Crippen LogP contribution in [0, 0.1) is 13.8 Å². The Balaban J connectivity index is 1.56. The third-order valence-corrected chi connectivity index (χ3v) is 5.93. The Morgan fingerprint density at radius 3 is 2.13 bits per heavy atom. The average Bonchev–Trinajstić information content (AvgIpc) is 2.73. The van der Waals surface area contributed by atoms with Crippen LogP contribution in [0.2, 0.25) is 0 Å². The van der Waals surface area contributed by atoms with Crippen LogP contribution in [-0.4, -0.2) is 20.9 Å². The normalized spacial score (nSPS) is 11.1. The lowest BCUT2D eigenvalue weighted by Crippen LogP contribution is -2.23. The zero-order valence-corrected chi connectivity index (χ0v) is 17.7. The number of benzene rings is 3. The number of sulfonamides is 1. The lowest BCUT2D eigenvalue weighted by Gasteiger charge is -2.12. The Morgan fingerprint density at radius 2 is 1.50 bits per heavy atom. The van der Waals surface area contributed by atoms with Gasteiger partial charge in [-0.15, -0.1) is 0 Å². The molecular formula is C23H24N2O4S. The first-order valence-corrected chi connectivity index (χ1v) is 11.0. The second-order valence-electron chi connectivity index (χ2n) is 6.89. The summed E-state index contributed by atoms with van der Waals surface area (Å²) in [6.07, 6.45) is 0. The minimum Gasteiger partial charge on any atom is -0.483 e. The standard InChI is InChI=1S/C23H24N2O4S/c1-17-7-6-8-18(2)23(17)29-16-22(26)25-20-11-13-21(14-12-20)30(27,28)24-15-19-9-4-3-5-10-19/h3-14,24H,15-16H2,1-2H3,(H,25,26). The van der Waals surface area contributed by atoms with Gasteiger partial charge in [0.1, 0.15) is 5.75 Å². The molecule has 3 aromatic carbocycles. The number of anilines is 1. The van der Waals surface area contributed by atoms with Gasteiger partial charge in [-0.3, -0.25) is 4.79 Å². The first kappa shape index (κ1) is 21.5. The number of nitrogens with one attached hydrogen (secondary N) is 2. The summed E-state index contributed by atoms with van der Waals surface area (Å²) in [5, 5.41) is 2.71. The predicted octanol–water partition coefficient (Wildman–Crippen LogP) is 3.80. The number of rotatable bonds is 8. The maximum absolute atomic E-state index is 12.4. The SMILES string of the molecule is Cc1cccc(C)c1OCC(=O)Nc1ccc(S(=O)(=O)NCc2ccccc2)cc1. The smallest absolute Gasteiger partial charge is 0.262 e. The molecule has 6 nitrogen and oxygen atoms in total. The quantitative estimate of drug-likeness (QED) is 0.576. The third kappa shape index (κ3) is 5.68. The van der Waals surface area contributed by atoms with Crippen molar-refractivity contribution < 1.29 is 17.9 Å². The molecule has 0 heterocycles. The van der Waals surface area contributed by atoms with Crippen LogP contribution in [0.3, 0.4) is 0 Å². The fraction of sp³-hybridized carbons (Fsp3) is 0.174. The van der Waals surface area contributed by atoms with E-state index in [0.717, 1.165) is 16.7 Å². The monoisotopic (exact) mass is 424 g/mol. The fourth-order valence-corrected chi connectivity index (χ4v) is 3.95. The Labute approximate surface area is 177 Å². The third-order valence-electron chi connectivity index (χ3n) is 4.51. The average molecular weight is 425 g/mol. The highest BCUT2D eigenvalue weighted by Gasteiger charge is 2.14. The van der Waals surface area contributed by atoms with Gasteiger partial charge in [-0.2, -0.15) is 0 Å². The van der Waals surface area contributed by atoms with Gasteiger partial charge in [0, 0.05) is 12.2 Å². The van der Waals surface area contributed by atoms with E-state index in [9.17, 15) is 13.2 Å². The number of hydrogen-bond donors (Lipinski definition) is 2. The number of amides is 1. The number of carbonyl (C=O) groups is 1. The van der Waals surface area contributed by atoms with Crippen molar-refractivity contribution in [3.8, 4) is 5.75 Å². The largest absolute Gasteiger partial charge is 0.483 e. The van der Waals surface area contributed by atoms with Gasteiger partial charge >= 0.3 is 0 Å². The molecule has 0 aromatic heterocycles. The second kappa shape index (κ2) is 9.56. The van der Waals surface area contributed by atoms with Crippen molar-refractivity contribution in [1.82, 2.24) is 4.72 Å². The summed E-state index contributed by atoms with van der Waals surface area (Å²) in [6, 6.07) is 21.1. The van der Waals surface area contributed by atoms with E-state index < -0.39 is 10.0 Å². The molecule has 2 N–H and O–H groups in total. The molecule has 0 unspecified atom stereocenters. The van der Waals surface area contributed by atoms with Crippen molar-refractivity contribution in [2.24, 2.45) is 0 Å². The van der Waals surface area contributed by atoms with Crippen LogP contribution in [0.15, 0.2) is 77.7 Å². The molecule has 0 radical (unpaired) electrons. The molecule has 0 bridgehead atoms. The minimum absolute atomic E-state index is 0.128. The molecule has 7 heteroatoms. The molecule has 0 fully saturated rings. The predicted molar refractivity (Wildman–Crippen MR) is 117 cm³/mol. The Morgan fingerprint density at radius 1 is 0.867 bits per heavy atom. The molecule has 30 heavy (non-hydrogen) atoms. The lowest BCUT2D eigenvalue weighted by molar-refractivity contribution is -0.118. The molecule has 0 aliphatic carbocycles. The van der Waals surface area contributed by atoms with Crippen LogP contribution in [0.25, 0.3) is 0 Å². The van der Waals surface area contributed by atoms with Crippen LogP contribution < -0.4 is 14.8 Å². The Kier molecular flexibility index (Phi) is 6.87. The van der Waals surface area contributed by atoms with E-state index in [0.29, 0.717) is 11.4 Å². The number of hydrogen-bond acceptors (Lipinski definition) is 4. The second-order valence-corrected chi connectivity index (χ2v) is 8.66. The summed E-state index contributed by atoms with van der Waals surface area (Å²) < 4.78 is 33.1. The first-order chi connectivity index (χ1) is 14.3.